The number of ether oxygens (including phenoxy) is 1. The van der Waals surface area contributed by atoms with Gasteiger partial charge in [-0.2, -0.15) is 5.06 Å². The van der Waals surface area contributed by atoms with Gasteiger partial charge in [0, 0.05) is 61.0 Å². The van der Waals surface area contributed by atoms with Crippen LogP contribution in [0, 0.1) is 23.2 Å². The molecule has 3 N–H and O–H groups in total. The first-order valence-corrected chi connectivity index (χ1v) is 19.3. The van der Waals surface area contributed by atoms with E-state index < -0.39 is 12.1 Å². The summed E-state index contributed by atoms with van der Waals surface area (Å²) < 4.78 is 6.10. The molecule has 2 aromatic rings. The van der Waals surface area contributed by atoms with Crippen LogP contribution in [0.1, 0.15) is 89.6 Å². The van der Waals surface area contributed by atoms with Gasteiger partial charge in [0.05, 0.1) is 25.3 Å². The molecule has 0 spiro atoms. The molecule has 2 aliphatic rings. The lowest BCUT2D eigenvalue weighted by Gasteiger charge is -2.40. The Labute approximate surface area is 317 Å². The molecule has 2 fully saturated rings. The Morgan fingerprint density at radius 3 is 2.44 bits per heavy atom. The van der Waals surface area contributed by atoms with Crippen LogP contribution in [0.25, 0.3) is 11.1 Å². The number of likely N-dealkylation sites (N-methyl/N-ethyl adjacent to an activating group) is 1. The number of carbonyl (C=O) groups is 2. The highest BCUT2D eigenvalue weighted by Crippen LogP contribution is 2.43. The third-order valence-electron chi connectivity index (χ3n) is 10.8. The molecule has 1 aliphatic heterocycles. The predicted octanol–water partition coefficient (Wildman–Crippen LogP) is 6.62. The second-order valence-electron chi connectivity index (χ2n) is 16.8. The summed E-state index contributed by atoms with van der Waals surface area (Å²) in [5, 5.41) is 19.1. The van der Waals surface area contributed by atoms with Crippen LogP contribution in [-0.4, -0.2) is 99.6 Å². The van der Waals surface area contributed by atoms with Crippen molar-refractivity contribution < 1.29 is 24.3 Å². The Balaban J connectivity index is 1.70. The van der Waals surface area contributed by atoms with Crippen molar-refractivity contribution in [3.63, 3.8) is 0 Å². The summed E-state index contributed by atoms with van der Waals surface area (Å²) in [5.74, 6) is 0.893. The fourth-order valence-electron chi connectivity index (χ4n) is 8.28. The van der Waals surface area contributed by atoms with Crippen molar-refractivity contribution in [2.24, 2.45) is 23.2 Å². The van der Waals surface area contributed by atoms with E-state index in [2.05, 4.69) is 50.2 Å². The molecular weight excluding hydrogens is 678 g/mol. The largest absolute Gasteiger partial charge is 0.496 e. The highest BCUT2D eigenvalue weighted by Gasteiger charge is 2.47. The van der Waals surface area contributed by atoms with Crippen molar-refractivity contribution in [1.29, 1.82) is 0 Å². The van der Waals surface area contributed by atoms with Gasteiger partial charge in [-0.1, -0.05) is 59.2 Å². The van der Waals surface area contributed by atoms with Crippen molar-refractivity contribution in [2.75, 3.05) is 53.4 Å². The SMILES string of the molecule is CCC1[C@H](CO)ON(Cc2ccc(Cl)c(-c3cc(C(=O)N[C@@H](CC(C)C)CN(C)C)cc(N(C)C)c3)c2OC)[C@@H]1C(=O)NC1CCC(C)(C)C[C@@H]1C. The number of hydroxylamine groups is 2. The molecule has 4 rings (SSSR count). The van der Waals surface area contributed by atoms with Crippen LogP contribution in [0.3, 0.4) is 0 Å². The Hall–Kier alpha value is -2.89. The zero-order valence-electron chi connectivity index (χ0n) is 33.4. The maximum absolute atomic E-state index is 14.1. The predicted molar refractivity (Wildman–Crippen MR) is 211 cm³/mol. The first kappa shape index (κ1) is 41.9. The van der Waals surface area contributed by atoms with Crippen LogP contribution in [-0.2, 0) is 16.2 Å². The number of nitrogens with one attached hydrogen (secondary N) is 2. The fraction of sp³-hybridized carbons (Fsp3) is 0.659. The molecule has 11 heteroatoms. The Bertz CT molecular complexity index is 1520. The van der Waals surface area contributed by atoms with E-state index in [-0.39, 0.29) is 48.4 Å². The lowest BCUT2D eigenvalue weighted by atomic mass is 9.70. The number of amides is 2. The number of carbonyl (C=O) groups excluding carboxylic acids is 2. The molecule has 1 saturated carbocycles. The van der Waals surface area contributed by atoms with Gasteiger partial charge in [-0.15, -0.1) is 0 Å². The minimum Gasteiger partial charge on any atom is -0.496 e. The number of benzene rings is 2. The van der Waals surface area contributed by atoms with Crippen molar-refractivity contribution in [3.8, 4) is 16.9 Å². The highest BCUT2D eigenvalue weighted by molar-refractivity contribution is 6.33. The monoisotopic (exact) mass is 741 g/mol. The summed E-state index contributed by atoms with van der Waals surface area (Å²) in [6.45, 7) is 13.9. The van der Waals surface area contributed by atoms with E-state index in [4.69, 9.17) is 21.2 Å². The van der Waals surface area contributed by atoms with Gasteiger partial charge in [0.15, 0.2) is 0 Å². The molecule has 6 atom stereocenters. The zero-order chi connectivity index (χ0) is 38.5. The first-order valence-electron chi connectivity index (χ1n) is 19.0. The van der Waals surface area contributed by atoms with Gasteiger partial charge < -0.3 is 30.3 Å². The number of halogens is 1. The minimum absolute atomic E-state index is 0.0103. The molecule has 290 valence electrons. The molecule has 2 aromatic carbocycles. The highest BCUT2D eigenvalue weighted by atomic mass is 35.5. The number of rotatable bonds is 15. The van der Waals surface area contributed by atoms with E-state index in [1.165, 1.54) is 0 Å². The minimum atomic E-state index is -0.596. The van der Waals surface area contributed by atoms with Crippen LogP contribution < -0.4 is 20.3 Å². The number of methoxy groups -OCH3 is 1. The van der Waals surface area contributed by atoms with E-state index >= 15 is 0 Å². The molecule has 10 nitrogen and oxygen atoms in total. The second-order valence-corrected chi connectivity index (χ2v) is 17.2. The van der Waals surface area contributed by atoms with Gasteiger partial charge in [-0.3, -0.25) is 14.4 Å². The van der Waals surface area contributed by atoms with Gasteiger partial charge >= 0.3 is 0 Å². The van der Waals surface area contributed by atoms with Crippen LogP contribution in [0.15, 0.2) is 30.3 Å². The van der Waals surface area contributed by atoms with E-state index in [9.17, 15) is 14.7 Å². The first-order chi connectivity index (χ1) is 24.5. The molecule has 0 aromatic heterocycles. The maximum atomic E-state index is 14.1. The molecule has 1 saturated heterocycles. The van der Waals surface area contributed by atoms with Crippen molar-refractivity contribution in [3.05, 3.63) is 46.5 Å². The third-order valence-corrected chi connectivity index (χ3v) is 11.1. The van der Waals surface area contributed by atoms with E-state index in [1.807, 2.05) is 70.3 Å². The molecule has 2 unspecified atom stereocenters. The van der Waals surface area contributed by atoms with Crippen molar-refractivity contribution in [1.82, 2.24) is 20.6 Å². The van der Waals surface area contributed by atoms with E-state index in [0.29, 0.717) is 40.2 Å². The summed E-state index contributed by atoms with van der Waals surface area (Å²) in [6.07, 6.45) is 4.06. The lowest BCUT2D eigenvalue weighted by molar-refractivity contribution is -0.182. The Morgan fingerprint density at radius 2 is 1.87 bits per heavy atom. The topological polar surface area (TPSA) is 107 Å². The zero-order valence-corrected chi connectivity index (χ0v) is 34.1. The van der Waals surface area contributed by atoms with Crippen molar-refractivity contribution >= 4 is 29.1 Å². The molecule has 0 radical (unpaired) electrons. The average Bonchev–Trinajstić information content (AvgIpc) is 3.42. The number of aliphatic hydroxyl groups is 1. The van der Waals surface area contributed by atoms with E-state index in [0.717, 1.165) is 49.0 Å². The van der Waals surface area contributed by atoms with Crippen molar-refractivity contribution in [2.45, 2.75) is 104 Å². The van der Waals surface area contributed by atoms with E-state index in [1.54, 1.807) is 12.2 Å². The summed E-state index contributed by atoms with van der Waals surface area (Å²) in [7, 11) is 9.51. The third kappa shape index (κ3) is 10.2. The summed E-state index contributed by atoms with van der Waals surface area (Å²) in [6, 6.07) is 8.95. The number of hydrogen-bond acceptors (Lipinski definition) is 8. The van der Waals surface area contributed by atoms with Gasteiger partial charge in [-0.05, 0) is 93.3 Å². The lowest BCUT2D eigenvalue weighted by Crippen LogP contribution is -2.52. The summed E-state index contributed by atoms with van der Waals surface area (Å²) in [5.41, 5.74) is 3.78. The molecular formula is C41H64ClN5O5. The molecule has 52 heavy (non-hydrogen) atoms. The second kappa shape index (κ2) is 18.0. The number of aliphatic hydroxyl groups excluding tert-OH is 1. The van der Waals surface area contributed by atoms with Crippen LogP contribution in [0.4, 0.5) is 5.69 Å². The smallest absolute Gasteiger partial charge is 0.251 e. The van der Waals surface area contributed by atoms with Crippen LogP contribution in [0.5, 0.6) is 5.75 Å². The molecule has 1 heterocycles. The number of anilines is 1. The van der Waals surface area contributed by atoms with Gasteiger partial charge in [0.1, 0.15) is 17.9 Å². The standard InChI is InChI=1S/C41H64ClN5O5/c1-12-32-35(24-48)52-47(37(32)40(50)44-34-15-16-41(5,6)21-26(34)4)22-27-13-14-33(42)36(38(27)51-11)28-18-29(20-31(19-28)46(9)10)39(49)43-30(17-25(2)3)23-45(7)8/h13-14,18-20,25-26,30,32,34-35,37,48H,12,15-17,21-24H2,1-11H3,(H,43,49)(H,44,50)/t26-,30-,32?,34?,35-,37-/m0/s1. The van der Waals surface area contributed by atoms with Crippen LogP contribution in [0.2, 0.25) is 5.02 Å². The van der Waals surface area contributed by atoms with Crippen LogP contribution >= 0.6 is 11.6 Å². The molecule has 0 bridgehead atoms. The number of nitrogens with zero attached hydrogens (tertiary/aromatic N) is 3. The average molecular weight is 742 g/mol. The number of hydrogen-bond donors (Lipinski definition) is 3. The molecule has 2 amide bonds. The quantitative estimate of drug-likeness (QED) is 0.187. The Morgan fingerprint density at radius 1 is 1.15 bits per heavy atom. The normalized spacial score (nSPS) is 23.9. The van der Waals surface area contributed by atoms with Gasteiger partial charge in [-0.25, -0.2) is 0 Å². The fourth-order valence-corrected chi connectivity index (χ4v) is 8.54. The Kier molecular flexibility index (Phi) is 14.5. The van der Waals surface area contributed by atoms with Gasteiger partial charge in [0.2, 0.25) is 5.91 Å². The van der Waals surface area contributed by atoms with Gasteiger partial charge in [0.25, 0.3) is 5.91 Å². The molecule has 1 aliphatic carbocycles. The summed E-state index contributed by atoms with van der Waals surface area (Å²) >= 11 is 6.96. The summed E-state index contributed by atoms with van der Waals surface area (Å²) in [4.78, 5) is 38.4. The maximum Gasteiger partial charge on any atom is 0.251 e.